The predicted molar refractivity (Wildman–Crippen MR) is 78.1 cm³/mol. The number of hydrogen-bond donors (Lipinski definition) is 2. The molecule has 114 valence electrons. The van der Waals surface area contributed by atoms with Crippen molar-refractivity contribution < 1.29 is 18.3 Å². The van der Waals surface area contributed by atoms with Gasteiger partial charge in [-0.1, -0.05) is 6.07 Å². The molecule has 0 aromatic heterocycles. The molecule has 20 heavy (non-hydrogen) atoms. The molecule has 1 unspecified atom stereocenters. The van der Waals surface area contributed by atoms with Crippen LogP contribution in [0, 0.1) is 13.8 Å². The first-order chi connectivity index (χ1) is 9.31. The summed E-state index contributed by atoms with van der Waals surface area (Å²) in [6, 6.07) is 2.99. The Kier molecular flexibility index (Phi) is 6.13. The average Bonchev–Trinajstić information content (AvgIpc) is 2.35. The molecule has 0 spiro atoms. The molecule has 2 N–H and O–H groups in total. The molecule has 5 nitrogen and oxygen atoms in total. The molecule has 1 atom stereocenters. The minimum absolute atomic E-state index is 0.177. The zero-order valence-electron chi connectivity index (χ0n) is 12.4. The van der Waals surface area contributed by atoms with E-state index in [1.165, 1.54) is 6.07 Å². The molecule has 0 saturated carbocycles. The van der Waals surface area contributed by atoms with Gasteiger partial charge >= 0.3 is 0 Å². The van der Waals surface area contributed by atoms with Crippen molar-refractivity contribution in [2.75, 3.05) is 13.2 Å². The number of hydrogen-bond acceptors (Lipinski definition) is 4. The molecule has 0 bridgehead atoms. The van der Waals surface area contributed by atoms with Gasteiger partial charge in [0.1, 0.15) is 0 Å². The Morgan fingerprint density at radius 1 is 1.30 bits per heavy atom. The van der Waals surface area contributed by atoms with Crippen molar-refractivity contribution in [3.8, 4) is 0 Å². The van der Waals surface area contributed by atoms with Crippen LogP contribution in [0.1, 0.15) is 30.5 Å². The molecule has 0 fully saturated rings. The summed E-state index contributed by atoms with van der Waals surface area (Å²) in [5.41, 5.74) is 2.16. The number of sulfonamides is 1. The third-order valence-corrected chi connectivity index (χ3v) is 4.75. The fourth-order valence-corrected chi connectivity index (χ4v) is 3.50. The highest BCUT2D eigenvalue weighted by Crippen LogP contribution is 2.20. The van der Waals surface area contributed by atoms with Gasteiger partial charge in [-0.2, -0.15) is 0 Å². The van der Waals surface area contributed by atoms with E-state index in [-0.39, 0.29) is 17.5 Å². The normalized spacial score (nSPS) is 13.4. The topological polar surface area (TPSA) is 75.6 Å². The number of ether oxygens (including phenoxy) is 1. The summed E-state index contributed by atoms with van der Waals surface area (Å²) in [5, 5.41) is 9.26. The number of nitrogens with one attached hydrogen (secondary N) is 1. The maximum atomic E-state index is 12.4. The summed E-state index contributed by atoms with van der Waals surface area (Å²) < 4.78 is 32.5. The van der Waals surface area contributed by atoms with Crippen LogP contribution in [-0.2, 0) is 21.4 Å². The first-order valence-corrected chi connectivity index (χ1v) is 8.11. The third-order valence-electron chi connectivity index (χ3n) is 3.02. The molecule has 0 radical (unpaired) electrons. The summed E-state index contributed by atoms with van der Waals surface area (Å²) in [4.78, 5) is 0.204. The number of rotatable bonds is 7. The number of aliphatic hydroxyl groups excluding tert-OH is 1. The zero-order valence-corrected chi connectivity index (χ0v) is 13.3. The highest BCUT2D eigenvalue weighted by atomic mass is 32.2. The first-order valence-electron chi connectivity index (χ1n) is 6.62. The Morgan fingerprint density at radius 3 is 2.50 bits per heavy atom. The Hall–Kier alpha value is -0.950. The molecular formula is C14H23NO4S. The summed E-state index contributed by atoms with van der Waals surface area (Å²) in [6.45, 7) is 7.90. The van der Waals surface area contributed by atoms with Crippen LogP contribution in [0.25, 0.3) is 0 Å². The highest BCUT2D eigenvalue weighted by Gasteiger charge is 2.20. The van der Waals surface area contributed by atoms with Gasteiger partial charge in [0.05, 0.1) is 18.1 Å². The SMILES string of the molecule is CCOCC(C)NS(=O)(=O)c1cc(CO)c(C)cc1C. The molecule has 0 heterocycles. The van der Waals surface area contributed by atoms with E-state index < -0.39 is 10.0 Å². The van der Waals surface area contributed by atoms with Crippen LogP contribution in [0.15, 0.2) is 17.0 Å². The van der Waals surface area contributed by atoms with E-state index in [1.807, 2.05) is 13.8 Å². The number of aryl methyl sites for hydroxylation is 2. The Balaban J connectivity index is 3.03. The van der Waals surface area contributed by atoms with Crippen LogP contribution >= 0.6 is 0 Å². The van der Waals surface area contributed by atoms with E-state index in [1.54, 1.807) is 19.9 Å². The summed E-state index contributed by atoms with van der Waals surface area (Å²) in [6.07, 6.45) is 0. The first kappa shape index (κ1) is 17.1. The van der Waals surface area contributed by atoms with E-state index in [0.717, 1.165) is 5.56 Å². The molecule has 0 aliphatic rings. The van der Waals surface area contributed by atoms with Crippen molar-refractivity contribution >= 4 is 10.0 Å². The van der Waals surface area contributed by atoms with Crippen LogP contribution in [0.3, 0.4) is 0 Å². The monoisotopic (exact) mass is 301 g/mol. The van der Waals surface area contributed by atoms with Crippen molar-refractivity contribution in [1.29, 1.82) is 0 Å². The number of aliphatic hydroxyl groups is 1. The molecule has 6 heteroatoms. The van der Waals surface area contributed by atoms with E-state index in [2.05, 4.69) is 4.72 Å². The van der Waals surface area contributed by atoms with Crippen molar-refractivity contribution in [3.05, 3.63) is 28.8 Å². The summed E-state index contributed by atoms with van der Waals surface area (Å²) >= 11 is 0. The highest BCUT2D eigenvalue weighted by molar-refractivity contribution is 7.89. The van der Waals surface area contributed by atoms with Gasteiger partial charge in [-0.25, -0.2) is 13.1 Å². The average molecular weight is 301 g/mol. The van der Waals surface area contributed by atoms with Crippen molar-refractivity contribution in [2.24, 2.45) is 0 Å². The van der Waals surface area contributed by atoms with Crippen LogP contribution in [-0.4, -0.2) is 32.8 Å². The molecule has 1 aromatic rings. The maximum absolute atomic E-state index is 12.4. The van der Waals surface area contributed by atoms with Gasteiger partial charge in [0.25, 0.3) is 0 Å². The molecule has 0 saturated heterocycles. The smallest absolute Gasteiger partial charge is 0.241 e. The zero-order chi connectivity index (χ0) is 15.3. The fraction of sp³-hybridized carbons (Fsp3) is 0.571. The van der Waals surface area contributed by atoms with Crippen molar-refractivity contribution in [3.63, 3.8) is 0 Å². The Morgan fingerprint density at radius 2 is 1.95 bits per heavy atom. The second kappa shape index (κ2) is 7.17. The quantitative estimate of drug-likeness (QED) is 0.800. The van der Waals surface area contributed by atoms with E-state index >= 15 is 0 Å². The molecule has 0 aliphatic carbocycles. The second-order valence-corrected chi connectivity index (χ2v) is 6.57. The lowest BCUT2D eigenvalue weighted by molar-refractivity contribution is 0.133. The molecular weight excluding hydrogens is 278 g/mol. The van der Waals surface area contributed by atoms with Crippen molar-refractivity contribution in [1.82, 2.24) is 4.72 Å². The minimum Gasteiger partial charge on any atom is -0.392 e. The van der Waals surface area contributed by atoms with Gasteiger partial charge in [0, 0.05) is 12.6 Å². The van der Waals surface area contributed by atoms with E-state index in [9.17, 15) is 13.5 Å². The summed E-state index contributed by atoms with van der Waals surface area (Å²) in [7, 11) is -3.61. The van der Waals surface area contributed by atoms with Crippen LogP contribution in [0.2, 0.25) is 0 Å². The minimum atomic E-state index is -3.61. The summed E-state index contributed by atoms with van der Waals surface area (Å²) in [5.74, 6) is 0. The lowest BCUT2D eigenvalue weighted by Crippen LogP contribution is -2.36. The van der Waals surface area contributed by atoms with Crippen LogP contribution in [0.5, 0.6) is 0 Å². The van der Waals surface area contributed by atoms with E-state index in [0.29, 0.717) is 24.3 Å². The third kappa shape index (κ3) is 4.28. The van der Waals surface area contributed by atoms with Gasteiger partial charge in [-0.15, -0.1) is 0 Å². The Labute approximate surface area is 121 Å². The van der Waals surface area contributed by atoms with Crippen molar-refractivity contribution in [2.45, 2.75) is 45.2 Å². The lowest BCUT2D eigenvalue weighted by Gasteiger charge is -2.16. The largest absolute Gasteiger partial charge is 0.392 e. The second-order valence-electron chi connectivity index (χ2n) is 4.88. The van der Waals surface area contributed by atoms with Gasteiger partial charge in [-0.05, 0) is 50.5 Å². The van der Waals surface area contributed by atoms with Gasteiger partial charge in [0.15, 0.2) is 0 Å². The molecule has 0 amide bonds. The molecule has 0 aliphatic heterocycles. The Bertz CT molecular complexity index is 555. The maximum Gasteiger partial charge on any atom is 0.241 e. The predicted octanol–water partition coefficient (Wildman–Crippen LogP) is 1.50. The molecule has 1 rings (SSSR count). The standard InChI is InChI=1S/C14H23NO4S/c1-5-19-9-12(4)15-20(17,18)14-7-13(8-16)10(2)6-11(14)3/h6-7,12,15-16H,5,8-9H2,1-4H3. The van der Waals surface area contributed by atoms with Gasteiger partial charge < -0.3 is 9.84 Å². The van der Waals surface area contributed by atoms with Gasteiger partial charge in [-0.3, -0.25) is 0 Å². The van der Waals surface area contributed by atoms with Crippen LogP contribution < -0.4 is 4.72 Å². The van der Waals surface area contributed by atoms with E-state index in [4.69, 9.17) is 4.74 Å². The number of benzene rings is 1. The fourth-order valence-electron chi connectivity index (χ4n) is 1.99. The van der Waals surface area contributed by atoms with Crippen LogP contribution in [0.4, 0.5) is 0 Å². The van der Waals surface area contributed by atoms with Gasteiger partial charge in [0.2, 0.25) is 10.0 Å². The lowest BCUT2D eigenvalue weighted by atomic mass is 10.1. The molecule has 1 aromatic carbocycles.